The van der Waals surface area contributed by atoms with E-state index in [1.807, 2.05) is 4.90 Å². The number of nitrogens with one attached hydrogen (secondary N) is 2. The molecule has 3 aliphatic rings. The van der Waals surface area contributed by atoms with Gasteiger partial charge in [0.1, 0.15) is 0 Å². The van der Waals surface area contributed by atoms with Gasteiger partial charge in [-0.2, -0.15) is 0 Å². The number of piperidine rings is 1. The molecule has 2 saturated carbocycles. The highest BCUT2D eigenvalue weighted by atomic mass is 35.5. The van der Waals surface area contributed by atoms with Crippen molar-refractivity contribution in [3.8, 4) is 0 Å². The molecule has 1 saturated heterocycles. The Hall–Kier alpha value is -1.01. The summed E-state index contributed by atoms with van der Waals surface area (Å²) in [6.45, 7) is 1.95. The number of nitrogens with two attached hydrogens (primary N) is 1. The molecule has 0 aromatic rings. The molecule has 6 nitrogen and oxygen atoms in total. The molecule has 0 aromatic heterocycles. The van der Waals surface area contributed by atoms with E-state index in [4.69, 9.17) is 5.73 Å². The van der Waals surface area contributed by atoms with Crippen LogP contribution in [0.2, 0.25) is 0 Å². The van der Waals surface area contributed by atoms with Crippen molar-refractivity contribution in [1.82, 2.24) is 15.5 Å². The van der Waals surface area contributed by atoms with Gasteiger partial charge in [-0.05, 0) is 51.0 Å². The number of carbonyl (C=O) groups is 2. The van der Waals surface area contributed by atoms with Crippen LogP contribution in [0.25, 0.3) is 0 Å². The third kappa shape index (κ3) is 5.23. The van der Waals surface area contributed by atoms with E-state index in [0.717, 1.165) is 51.5 Å². The van der Waals surface area contributed by atoms with Crippen LogP contribution in [0.4, 0.5) is 4.79 Å². The van der Waals surface area contributed by atoms with Crippen LogP contribution >= 0.6 is 12.4 Å². The molecule has 3 fully saturated rings. The lowest BCUT2D eigenvalue weighted by Crippen LogP contribution is -2.52. The van der Waals surface area contributed by atoms with Crippen molar-refractivity contribution < 1.29 is 9.59 Å². The molecule has 2 aliphatic carbocycles. The maximum atomic E-state index is 12.6. The zero-order chi connectivity index (χ0) is 16.9. The summed E-state index contributed by atoms with van der Waals surface area (Å²) in [6, 6.07) is 0.570. The Bertz CT molecular complexity index is 456. The van der Waals surface area contributed by atoms with Crippen molar-refractivity contribution in [3.63, 3.8) is 0 Å². The zero-order valence-corrected chi connectivity index (χ0v) is 15.9. The van der Waals surface area contributed by atoms with E-state index in [1.54, 1.807) is 0 Å². The largest absolute Gasteiger partial charge is 0.353 e. The summed E-state index contributed by atoms with van der Waals surface area (Å²) in [7, 11) is 0. The van der Waals surface area contributed by atoms with E-state index in [9.17, 15) is 9.59 Å². The summed E-state index contributed by atoms with van der Waals surface area (Å²) in [4.78, 5) is 26.9. The van der Waals surface area contributed by atoms with Crippen LogP contribution in [0.3, 0.4) is 0 Å². The van der Waals surface area contributed by atoms with Crippen molar-refractivity contribution in [1.29, 1.82) is 0 Å². The average Bonchev–Trinajstić information content (AvgIpc) is 3.26. The van der Waals surface area contributed by atoms with Gasteiger partial charge in [0, 0.05) is 25.2 Å². The molecular formula is C18H33ClN4O2. The summed E-state index contributed by atoms with van der Waals surface area (Å²) in [5.74, 6) is 0.449. The third-order valence-corrected chi connectivity index (χ3v) is 6.05. The maximum absolute atomic E-state index is 12.6. The van der Waals surface area contributed by atoms with Gasteiger partial charge in [-0.15, -0.1) is 12.4 Å². The van der Waals surface area contributed by atoms with Gasteiger partial charge < -0.3 is 21.3 Å². The molecule has 3 unspecified atom stereocenters. The Labute approximate surface area is 157 Å². The van der Waals surface area contributed by atoms with Gasteiger partial charge in [0.05, 0.1) is 5.92 Å². The standard InChI is InChI=1S/C18H32N4O2.ClH/c19-11-13-5-3-9-16(13)21-17(23)14-6-4-10-22(12-14)18(24)20-15-7-1-2-8-15;/h13-16H,1-12,19H2,(H,20,24)(H,21,23);1H. The summed E-state index contributed by atoms with van der Waals surface area (Å²) in [6.07, 6.45) is 9.67. The zero-order valence-electron chi connectivity index (χ0n) is 15.0. The minimum atomic E-state index is -0.0768. The van der Waals surface area contributed by atoms with Gasteiger partial charge in [-0.25, -0.2) is 4.79 Å². The Morgan fingerprint density at radius 3 is 2.44 bits per heavy atom. The second kappa shape index (κ2) is 9.62. The number of carbonyl (C=O) groups excluding carboxylic acids is 2. The fourth-order valence-corrected chi connectivity index (χ4v) is 4.52. The van der Waals surface area contributed by atoms with Crippen molar-refractivity contribution in [2.45, 2.75) is 69.9 Å². The van der Waals surface area contributed by atoms with Crippen LogP contribution in [0.1, 0.15) is 57.8 Å². The number of urea groups is 1. The van der Waals surface area contributed by atoms with E-state index < -0.39 is 0 Å². The lowest BCUT2D eigenvalue weighted by atomic mass is 9.96. The lowest BCUT2D eigenvalue weighted by Gasteiger charge is -2.33. The fourth-order valence-electron chi connectivity index (χ4n) is 4.52. The van der Waals surface area contributed by atoms with Gasteiger partial charge in [-0.3, -0.25) is 4.79 Å². The van der Waals surface area contributed by atoms with E-state index in [1.165, 1.54) is 12.8 Å². The highest BCUT2D eigenvalue weighted by molar-refractivity contribution is 5.85. The number of halogens is 1. The summed E-state index contributed by atoms with van der Waals surface area (Å²) < 4.78 is 0. The number of hydrogen-bond acceptors (Lipinski definition) is 3. The van der Waals surface area contributed by atoms with Gasteiger partial charge in [-0.1, -0.05) is 19.3 Å². The topological polar surface area (TPSA) is 87.5 Å². The second-order valence-corrected chi connectivity index (χ2v) is 7.76. The quantitative estimate of drug-likeness (QED) is 0.705. The number of nitrogens with zero attached hydrogens (tertiary/aromatic N) is 1. The molecule has 3 rings (SSSR count). The Morgan fingerprint density at radius 1 is 0.960 bits per heavy atom. The predicted octanol–water partition coefficient (Wildman–Crippen LogP) is 2.02. The molecule has 1 aliphatic heterocycles. The molecule has 0 bridgehead atoms. The third-order valence-electron chi connectivity index (χ3n) is 6.05. The van der Waals surface area contributed by atoms with Gasteiger partial charge in [0.2, 0.25) is 5.91 Å². The molecule has 1 heterocycles. The fraction of sp³-hybridized carbons (Fsp3) is 0.889. The van der Waals surface area contributed by atoms with Crippen LogP contribution in [0.5, 0.6) is 0 Å². The monoisotopic (exact) mass is 372 g/mol. The first kappa shape index (κ1) is 20.3. The molecular weight excluding hydrogens is 340 g/mol. The van der Waals surface area contributed by atoms with Crippen LogP contribution < -0.4 is 16.4 Å². The highest BCUT2D eigenvalue weighted by Crippen LogP contribution is 2.26. The number of rotatable bonds is 4. The van der Waals surface area contributed by atoms with Gasteiger partial charge in [0.15, 0.2) is 0 Å². The summed E-state index contributed by atoms with van der Waals surface area (Å²) in [5, 5.41) is 6.34. The molecule has 3 atom stereocenters. The summed E-state index contributed by atoms with van der Waals surface area (Å²) >= 11 is 0. The smallest absolute Gasteiger partial charge is 0.317 e. The first-order valence-electron chi connectivity index (χ1n) is 9.73. The number of likely N-dealkylation sites (tertiary alicyclic amines) is 1. The van der Waals surface area contributed by atoms with Crippen LogP contribution in [-0.2, 0) is 4.79 Å². The van der Waals surface area contributed by atoms with Crippen molar-refractivity contribution in [2.24, 2.45) is 17.6 Å². The summed E-state index contributed by atoms with van der Waals surface area (Å²) in [5.41, 5.74) is 5.81. The number of hydrogen-bond donors (Lipinski definition) is 3. The SMILES string of the molecule is Cl.NCC1CCCC1NC(=O)C1CCCN(C(=O)NC2CCCC2)C1. The van der Waals surface area contributed by atoms with Crippen molar-refractivity contribution >= 4 is 24.3 Å². The van der Waals surface area contributed by atoms with Gasteiger partial charge >= 0.3 is 6.03 Å². The minimum absolute atomic E-state index is 0. The van der Waals surface area contributed by atoms with Crippen LogP contribution in [0, 0.1) is 11.8 Å². The average molecular weight is 373 g/mol. The maximum Gasteiger partial charge on any atom is 0.317 e. The Kier molecular flexibility index (Phi) is 7.81. The Balaban J connectivity index is 0.00000225. The molecule has 7 heteroatoms. The molecule has 144 valence electrons. The van der Waals surface area contributed by atoms with E-state index in [-0.39, 0.29) is 36.3 Å². The molecule has 0 radical (unpaired) electrons. The first-order valence-corrected chi connectivity index (χ1v) is 9.73. The lowest BCUT2D eigenvalue weighted by molar-refractivity contribution is -0.127. The molecule has 4 N–H and O–H groups in total. The van der Waals surface area contributed by atoms with E-state index in [0.29, 0.717) is 25.0 Å². The van der Waals surface area contributed by atoms with Crippen LogP contribution in [-0.4, -0.2) is 48.6 Å². The second-order valence-electron chi connectivity index (χ2n) is 7.76. The molecule has 0 aromatic carbocycles. The normalized spacial score (nSPS) is 30.0. The van der Waals surface area contributed by atoms with Crippen molar-refractivity contribution in [3.05, 3.63) is 0 Å². The molecule has 25 heavy (non-hydrogen) atoms. The van der Waals surface area contributed by atoms with Crippen LogP contribution in [0.15, 0.2) is 0 Å². The first-order chi connectivity index (χ1) is 11.7. The molecule has 3 amide bonds. The van der Waals surface area contributed by atoms with E-state index in [2.05, 4.69) is 10.6 Å². The van der Waals surface area contributed by atoms with Gasteiger partial charge in [0.25, 0.3) is 0 Å². The minimum Gasteiger partial charge on any atom is -0.353 e. The number of amides is 3. The molecule has 0 spiro atoms. The Morgan fingerprint density at radius 2 is 1.72 bits per heavy atom. The highest BCUT2D eigenvalue weighted by Gasteiger charge is 2.33. The van der Waals surface area contributed by atoms with E-state index >= 15 is 0 Å². The van der Waals surface area contributed by atoms with Crippen molar-refractivity contribution in [2.75, 3.05) is 19.6 Å². The predicted molar refractivity (Wildman–Crippen MR) is 101 cm³/mol.